The number of benzene rings is 1. The molecule has 6 heteroatoms. The Morgan fingerprint density at radius 2 is 1.90 bits per heavy atom. The zero-order chi connectivity index (χ0) is 15.5. The molecule has 2 nitrogen and oxygen atoms in total. The van der Waals surface area contributed by atoms with Crippen molar-refractivity contribution in [2.45, 2.75) is 35.5 Å². The molecule has 1 N–H and O–H groups in total. The molecule has 0 aliphatic carbocycles. The average Bonchev–Trinajstić information content (AvgIpc) is 2.46. The molecule has 0 saturated heterocycles. The van der Waals surface area contributed by atoms with Crippen molar-refractivity contribution in [3.05, 3.63) is 53.7 Å². The van der Waals surface area contributed by atoms with Crippen LogP contribution in [0.5, 0.6) is 0 Å². The fourth-order valence-electron chi connectivity index (χ4n) is 1.79. The van der Waals surface area contributed by atoms with E-state index in [0.29, 0.717) is 11.4 Å². The minimum Gasteiger partial charge on any atom is -0.388 e. The lowest BCUT2D eigenvalue weighted by Crippen LogP contribution is -2.05. The van der Waals surface area contributed by atoms with Gasteiger partial charge in [0.25, 0.3) is 0 Å². The van der Waals surface area contributed by atoms with Gasteiger partial charge in [0.2, 0.25) is 0 Å². The van der Waals surface area contributed by atoms with Gasteiger partial charge in [-0.25, -0.2) is 4.98 Å². The third-order valence-corrected chi connectivity index (χ3v) is 3.99. The summed E-state index contributed by atoms with van der Waals surface area (Å²) in [4.78, 5) is 4.62. The van der Waals surface area contributed by atoms with Gasteiger partial charge in [0, 0.05) is 11.1 Å². The first-order valence-electron chi connectivity index (χ1n) is 6.40. The third-order valence-electron chi connectivity index (χ3n) is 2.94. The van der Waals surface area contributed by atoms with Crippen LogP contribution < -0.4 is 0 Å². The van der Waals surface area contributed by atoms with Gasteiger partial charge in [-0.15, -0.1) is 0 Å². The topological polar surface area (TPSA) is 33.1 Å². The molecule has 1 heterocycles. The predicted molar refractivity (Wildman–Crippen MR) is 75.1 cm³/mol. The number of hydrogen-bond donors (Lipinski definition) is 1. The molecule has 1 aromatic heterocycles. The van der Waals surface area contributed by atoms with E-state index in [-0.39, 0.29) is 0 Å². The minimum atomic E-state index is -4.38. The lowest BCUT2D eigenvalue weighted by molar-refractivity contribution is -0.137. The Labute approximate surface area is 125 Å². The van der Waals surface area contributed by atoms with Crippen LogP contribution in [0.25, 0.3) is 0 Å². The van der Waals surface area contributed by atoms with Crippen molar-refractivity contribution in [1.82, 2.24) is 4.98 Å². The zero-order valence-electron chi connectivity index (χ0n) is 11.3. The summed E-state index contributed by atoms with van der Waals surface area (Å²) in [5.41, 5.74) is -0.0135. The standard InChI is InChI=1S/C15H14F3NOS/c1-2-12(20)11-5-3-4-6-13(11)21-14-8-7-10(9-19-14)15(16,17)18/h3-9,12,20H,2H2,1H3/t12-/m1/s1. The van der Waals surface area contributed by atoms with Crippen LogP contribution in [0.1, 0.15) is 30.6 Å². The first-order valence-corrected chi connectivity index (χ1v) is 7.21. The maximum atomic E-state index is 12.5. The minimum absolute atomic E-state index is 0.457. The summed E-state index contributed by atoms with van der Waals surface area (Å²) in [6.45, 7) is 1.86. The molecule has 2 rings (SSSR count). The third kappa shape index (κ3) is 3.98. The van der Waals surface area contributed by atoms with E-state index in [9.17, 15) is 18.3 Å². The van der Waals surface area contributed by atoms with Gasteiger partial charge < -0.3 is 5.11 Å². The van der Waals surface area contributed by atoms with E-state index in [1.54, 1.807) is 6.07 Å². The molecular weight excluding hydrogens is 299 g/mol. The zero-order valence-corrected chi connectivity index (χ0v) is 12.1. The highest BCUT2D eigenvalue weighted by molar-refractivity contribution is 7.99. The Morgan fingerprint density at radius 1 is 1.19 bits per heavy atom. The number of aliphatic hydroxyl groups is 1. The lowest BCUT2D eigenvalue weighted by Gasteiger charge is -2.13. The number of hydrogen-bond acceptors (Lipinski definition) is 3. The smallest absolute Gasteiger partial charge is 0.388 e. The molecule has 1 atom stereocenters. The molecule has 0 aliphatic rings. The number of nitrogens with zero attached hydrogens (tertiary/aromatic N) is 1. The summed E-state index contributed by atoms with van der Waals surface area (Å²) in [6.07, 6.45) is -3.59. The summed E-state index contributed by atoms with van der Waals surface area (Å²) in [5, 5.41) is 10.4. The van der Waals surface area contributed by atoms with Crippen LogP contribution in [0.4, 0.5) is 13.2 Å². The van der Waals surface area contributed by atoms with Crippen LogP contribution in [0.3, 0.4) is 0 Å². The SMILES string of the molecule is CC[C@@H](O)c1ccccc1Sc1ccc(C(F)(F)F)cn1. The van der Waals surface area contributed by atoms with Crippen molar-refractivity contribution < 1.29 is 18.3 Å². The Balaban J connectivity index is 2.23. The van der Waals surface area contributed by atoms with Gasteiger partial charge in [0.05, 0.1) is 11.7 Å². The summed E-state index contributed by atoms with van der Waals surface area (Å²) in [6, 6.07) is 9.60. The van der Waals surface area contributed by atoms with E-state index in [1.807, 2.05) is 25.1 Å². The van der Waals surface area contributed by atoms with E-state index < -0.39 is 17.8 Å². The molecule has 21 heavy (non-hydrogen) atoms. The number of rotatable bonds is 4. The number of aliphatic hydroxyl groups excluding tert-OH is 1. The highest BCUT2D eigenvalue weighted by Gasteiger charge is 2.30. The van der Waals surface area contributed by atoms with Crippen LogP contribution in [0.2, 0.25) is 0 Å². The fraction of sp³-hybridized carbons (Fsp3) is 0.267. The molecule has 0 bridgehead atoms. The number of pyridine rings is 1. The molecule has 0 aliphatic heterocycles. The van der Waals surface area contributed by atoms with Crippen LogP contribution in [-0.4, -0.2) is 10.1 Å². The predicted octanol–water partition coefficient (Wildman–Crippen LogP) is 4.70. The Morgan fingerprint density at radius 3 is 2.48 bits per heavy atom. The van der Waals surface area contributed by atoms with Crippen LogP contribution >= 0.6 is 11.8 Å². The van der Waals surface area contributed by atoms with Crippen molar-refractivity contribution in [2.24, 2.45) is 0 Å². The molecule has 0 unspecified atom stereocenters. The van der Waals surface area contributed by atoms with Crippen LogP contribution in [0.15, 0.2) is 52.5 Å². The molecule has 0 fully saturated rings. The van der Waals surface area contributed by atoms with Crippen molar-refractivity contribution in [3.63, 3.8) is 0 Å². The van der Waals surface area contributed by atoms with E-state index in [2.05, 4.69) is 4.98 Å². The van der Waals surface area contributed by atoms with Gasteiger partial charge in [-0.1, -0.05) is 36.9 Å². The first kappa shape index (κ1) is 15.9. The summed E-state index contributed by atoms with van der Waals surface area (Å²) >= 11 is 1.24. The lowest BCUT2D eigenvalue weighted by atomic mass is 10.1. The number of alkyl halides is 3. The summed E-state index contributed by atoms with van der Waals surface area (Å²) < 4.78 is 37.4. The Hall–Kier alpha value is -1.53. The van der Waals surface area contributed by atoms with E-state index in [4.69, 9.17) is 0 Å². The average molecular weight is 313 g/mol. The molecule has 0 amide bonds. The quantitative estimate of drug-likeness (QED) is 0.888. The van der Waals surface area contributed by atoms with E-state index in [1.165, 1.54) is 17.8 Å². The Bertz CT molecular complexity index is 599. The van der Waals surface area contributed by atoms with Gasteiger partial charge >= 0.3 is 6.18 Å². The molecule has 0 spiro atoms. The molecule has 2 aromatic rings. The van der Waals surface area contributed by atoms with E-state index in [0.717, 1.165) is 22.7 Å². The highest BCUT2D eigenvalue weighted by atomic mass is 32.2. The highest BCUT2D eigenvalue weighted by Crippen LogP contribution is 2.34. The van der Waals surface area contributed by atoms with Crippen LogP contribution in [0, 0.1) is 0 Å². The van der Waals surface area contributed by atoms with E-state index >= 15 is 0 Å². The maximum Gasteiger partial charge on any atom is 0.417 e. The molecule has 0 radical (unpaired) electrons. The molecule has 112 valence electrons. The molecule has 1 aromatic carbocycles. The van der Waals surface area contributed by atoms with Crippen LogP contribution in [-0.2, 0) is 6.18 Å². The fourth-order valence-corrected chi connectivity index (χ4v) is 2.73. The van der Waals surface area contributed by atoms with Crippen molar-refractivity contribution >= 4 is 11.8 Å². The number of halogens is 3. The van der Waals surface area contributed by atoms with Gasteiger partial charge in [-0.05, 0) is 30.2 Å². The second kappa shape index (κ2) is 6.49. The maximum absolute atomic E-state index is 12.5. The molecular formula is C15H14F3NOS. The van der Waals surface area contributed by atoms with Gasteiger partial charge in [-0.3, -0.25) is 0 Å². The monoisotopic (exact) mass is 313 g/mol. The normalized spacial score (nSPS) is 13.2. The van der Waals surface area contributed by atoms with Gasteiger partial charge in [0.1, 0.15) is 5.03 Å². The molecule has 0 saturated carbocycles. The summed E-state index contributed by atoms with van der Waals surface area (Å²) in [7, 11) is 0. The van der Waals surface area contributed by atoms with Gasteiger partial charge in [-0.2, -0.15) is 13.2 Å². The largest absolute Gasteiger partial charge is 0.417 e. The first-order chi connectivity index (χ1) is 9.91. The van der Waals surface area contributed by atoms with Crippen molar-refractivity contribution in [1.29, 1.82) is 0 Å². The Kier molecular flexibility index (Phi) is 4.90. The second-order valence-corrected chi connectivity index (χ2v) is 5.51. The second-order valence-electron chi connectivity index (χ2n) is 4.45. The van der Waals surface area contributed by atoms with Crippen molar-refractivity contribution in [2.75, 3.05) is 0 Å². The van der Waals surface area contributed by atoms with Gasteiger partial charge in [0.15, 0.2) is 0 Å². The van der Waals surface area contributed by atoms with Crippen molar-refractivity contribution in [3.8, 4) is 0 Å². The number of aromatic nitrogens is 1. The summed E-state index contributed by atoms with van der Waals surface area (Å²) in [5.74, 6) is 0.